The molecule has 3 rings (SSSR count). The summed E-state index contributed by atoms with van der Waals surface area (Å²) in [5.74, 6) is 0.423. The van der Waals surface area contributed by atoms with E-state index in [1.807, 2.05) is 24.3 Å². The number of pyridine rings is 1. The van der Waals surface area contributed by atoms with Gasteiger partial charge in [-0.05, 0) is 30.7 Å². The molecule has 3 aromatic rings. The summed E-state index contributed by atoms with van der Waals surface area (Å²) in [6, 6.07) is 10.8. The van der Waals surface area contributed by atoms with Crippen LogP contribution in [0.5, 0.6) is 11.6 Å². The highest BCUT2D eigenvalue weighted by molar-refractivity contribution is 5.93. The zero-order chi connectivity index (χ0) is 17.1. The van der Waals surface area contributed by atoms with Crippen molar-refractivity contribution < 1.29 is 19.4 Å². The van der Waals surface area contributed by atoms with Gasteiger partial charge >= 0.3 is 5.97 Å². The third kappa shape index (κ3) is 3.03. The second-order valence-electron chi connectivity index (χ2n) is 5.29. The fourth-order valence-corrected chi connectivity index (χ4v) is 2.54. The normalized spacial score (nSPS) is 10.8. The van der Waals surface area contributed by atoms with Gasteiger partial charge in [-0.25, -0.2) is 9.78 Å². The first-order chi connectivity index (χ1) is 11.6. The number of fused-ring (bicyclic) bond motifs is 1. The number of ether oxygens (including phenoxy) is 2. The van der Waals surface area contributed by atoms with E-state index >= 15 is 0 Å². The second-order valence-corrected chi connectivity index (χ2v) is 5.29. The average Bonchev–Trinajstić information content (AvgIpc) is 2.90. The highest BCUT2D eigenvalue weighted by atomic mass is 16.5. The molecule has 6 heteroatoms. The highest BCUT2D eigenvalue weighted by Crippen LogP contribution is 2.26. The number of aromatic hydroxyl groups is 1. The minimum Gasteiger partial charge on any atom is -0.497 e. The van der Waals surface area contributed by atoms with Gasteiger partial charge in [-0.3, -0.25) is 0 Å². The van der Waals surface area contributed by atoms with Crippen molar-refractivity contribution in [2.75, 3.05) is 13.7 Å². The molecule has 1 aromatic carbocycles. The maximum Gasteiger partial charge on any atom is 0.356 e. The zero-order valence-corrected chi connectivity index (χ0v) is 13.5. The zero-order valence-electron chi connectivity index (χ0n) is 13.5. The lowest BCUT2D eigenvalue weighted by atomic mass is 10.2. The van der Waals surface area contributed by atoms with Crippen LogP contribution in [0.3, 0.4) is 0 Å². The Balaban J connectivity index is 1.93. The van der Waals surface area contributed by atoms with Gasteiger partial charge in [-0.1, -0.05) is 12.1 Å². The van der Waals surface area contributed by atoms with E-state index < -0.39 is 5.97 Å². The van der Waals surface area contributed by atoms with Gasteiger partial charge in [-0.2, -0.15) is 0 Å². The van der Waals surface area contributed by atoms with Gasteiger partial charge in [0.15, 0.2) is 5.88 Å². The summed E-state index contributed by atoms with van der Waals surface area (Å²) >= 11 is 0. The summed E-state index contributed by atoms with van der Waals surface area (Å²) in [6.45, 7) is 2.52. The molecule has 0 aliphatic rings. The number of aromatic nitrogens is 2. The van der Waals surface area contributed by atoms with Crippen LogP contribution in [-0.2, 0) is 11.3 Å². The molecular formula is C18H18N2O4. The molecule has 1 N–H and O–H groups in total. The van der Waals surface area contributed by atoms with Gasteiger partial charge in [0, 0.05) is 11.5 Å². The first-order valence-corrected chi connectivity index (χ1v) is 7.60. The number of esters is 1. The molecule has 0 aliphatic carbocycles. The molecule has 2 heterocycles. The van der Waals surface area contributed by atoms with E-state index in [1.54, 1.807) is 36.9 Å². The van der Waals surface area contributed by atoms with Crippen LogP contribution in [0.15, 0.2) is 42.6 Å². The van der Waals surface area contributed by atoms with Crippen LogP contribution in [0.1, 0.15) is 23.0 Å². The Kier molecular flexibility index (Phi) is 4.37. The monoisotopic (exact) mass is 326 g/mol. The van der Waals surface area contributed by atoms with E-state index in [2.05, 4.69) is 4.98 Å². The maximum absolute atomic E-state index is 11.8. The van der Waals surface area contributed by atoms with Crippen molar-refractivity contribution >= 4 is 16.9 Å². The molecule has 0 radical (unpaired) electrons. The predicted octanol–water partition coefficient (Wildman–Crippen LogP) is 2.98. The topological polar surface area (TPSA) is 73.6 Å². The molecular weight excluding hydrogens is 308 g/mol. The molecule has 2 aromatic heterocycles. The number of carbonyl (C=O) groups is 1. The first-order valence-electron chi connectivity index (χ1n) is 7.60. The van der Waals surface area contributed by atoms with Gasteiger partial charge in [0.2, 0.25) is 0 Å². The Labute approximate surface area is 139 Å². The van der Waals surface area contributed by atoms with Gasteiger partial charge in [0.25, 0.3) is 0 Å². The summed E-state index contributed by atoms with van der Waals surface area (Å²) in [5.41, 5.74) is 1.99. The van der Waals surface area contributed by atoms with E-state index in [1.165, 1.54) is 0 Å². The number of rotatable bonds is 5. The molecule has 0 bridgehead atoms. The Morgan fingerprint density at radius 2 is 2.00 bits per heavy atom. The van der Waals surface area contributed by atoms with Crippen LogP contribution in [-0.4, -0.2) is 34.3 Å². The van der Waals surface area contributed by atoms with E-state index in [9.17, 15) is 9.90 Å². The predicted molar refractivity (Wildman–Crippen MR) is 89.5 cm³/mol. The number of hydrogen-bond acceptors (Lipinski definition) is 5. The molecule has 6 nitrogen and oxygen atoms in total. The van der Waals surface area contributed by atoms with Crippen LogP contribution in [0, 0.1) is 0 Å². The fourth-order valence-electron chi connectivity index (χ4n) is 2.54. The van der Waals surface area contributed by atoms with Gasteiger partial charge in [-0.15, -0.1) is 0 Å². The molecule has 0 aliphatic heterocycles. The van der Waals surface area contributed by atoms with Gasteiger partial charge < -0.3 is 19.1 Å². The average molecular weight is 326 g/mol. The highest BCUT2D eigenvalue weighted by Gasteiger charge is 2.14. The molecule has 0 spiro atoms. The summed E-state index contributed by atoms with van der Waals surface area (Å²) in [5, 5.41) is 11.0. The molecule has 24 heavy (non-hydrogen) atoms. The largest absolute Gasteiger partial charge is 0.497 e. The Bertz CT molecular complexity index is 869. The number of benzene rings is 1. The minimum atomic E-state index is -0.471. The molecule has 0 amide bonds. The summed E-state index contributed by atoms with van der Waals surface area (Å²) in [4.78, 5) is 15.9. The molecule has 0 saturated carbocycles. The maximum atomic E-state index is 11.8. The lowest BCUT2D eigenvalue weighted by Crippen LogP contribution is -2.07. The quantitative estimate of drug-likeness (QED) is 0.730. The molecule has 0 fully saturated rings. The van der Waals surface area contributed by atoms with Crippen LogP contribution in [0.2, 0.25) is 0 Å². The molecule has 0 unspecified atom stereocenters. The number of hydrogen-bond donors (Lipinski definition) is 1. The third-order valence-electron chi connectivity index (χ3n) is 3.75. The summed E-state index contributed by atoms with van der Waals surface area (Å²) < 4.78 is 11.8. The smallest absolute Gasteiger partial charge is 0.356 e. The van der Waals surface area contributed by atoms with Crippen molar-refractivity contribution in [1.29, 1.82) is 0 Å². The third-order valence-corrected chi connectivity index (χ3v) is 3.75. The summed E-state index contributed by atoms with van der Waals surface area (Å²) in [6.07, 6.45) is 1.57. The minimum absolute atomic E-state index is 0.114. The number of carbonyl (C=O) groups excluding carboxylic acids is 1. The molecule has 0 atom stereocenters. The van der Waals surface area contributed by atoms with Gasteiger partial charge in [0.05, 0.1) is 32.0 Å². The number of nitrogens with zero attached hydrogens (tertiary/aromatic N) is 2. The van der Waals surface area contributed by atoms with E-state index in [-0.39, 0.29) is 11.6 Å². The Morgan fingerprint density at radius 1 is 1.25 bits per heavy atom. The van der Waals surface area contributed by atoms with Crippen LogP contribution < -0.4 is 4.74 Å². The SMILES string of the molecule is CCOC(=O)c1cc2cc(O)n(Cc3ccc(OC)cc3)c2cn1. The Morgan fingerprint density at radius 3 is 2.67 bits per heavy atom. The lowest BCUT2D eigenvalue weighted by molar-refractivity contribution is 0.0519. The van der Waals surface area contributed by atoms with Crippen molar-refractivity contribution in [1.82, 2.24) is 9.55 Å². The lowest BCUT2D eigenvalue weighted by Gasteiger charge is -2.08. The van der Waals surface area contributed by atoms with Crippen LogP contribution in [0.25, 0.3) is 10.9 Å². The first kappa shape index (κ1) is 15.9. The van der Waals surface area contributed by atoms with E-state index in [0.717, 1.165) is 22.2 Å². The van der Waals surface area contributed by atoms with Crippen LogP contribution in [0.4, 0.5) is 0 Å². The van der Waals surface area contributed by atoms with E-state index in [4.69, 9.17) is 9.47 Å². The standard InChI is InChI=1S/C18H18N2O4/c1-3-24-18(22)15-8-13-9-17(21)20(16(13)10-19-15)11-12-4-6-14(23-2)7-5-12/h4-10,21H,3,11H2,1-2H3. The van der Waals surface area contributed by atoms with Crippen molar-refractivity contribution in [2.45, 2.75) is 13.5 Å². The fraction of sp³-hybridized carbons (Fsp3) is 0.222. The summed E-state index contributed by atoms with van der Waals surface area (Å²) in [7, 11) is 1.62. The van der Waals surface area contributed by atoms with E-state index in [0.29, 0.717) is 13.2 Å². The number of methoxy groups -OCH3 is 1. The molecule has 0 saturated heterocycles. The van der Waals surface area contributed by atoms with Crippen molar-refractivity contribution in [3.8, 4) is 11.6 Å². The molecule has 124 valence electrons. The van der Waals surface area contributed by atoms with Crippen molar-refractivity contribution in [2.24, 2.45) is 0 Å². The van der Waals surface area contributed by atoms with Crippen LogP contribution >= 0.6 is 0 Å². The second kappa shape index (κ2) is 6.62. The van der Waals surface area contributed by atoms with Crippen molar-refractivity contribution in [3.05, 3.63) is 53.9 Å². The Hall–Kier alpha value is -3.02. The van der Waals surface area contributed by atoms with Gasteiger partial charge in [0.1, 0.15) is 11.4 Å². The van der Waals surface area contributed by atoms with Crippen molar-refractivity contribution in [3.63, 3.8) is 0 Å².